The fraction of sp³-hybridized carbons (Fsp3) is 0.294. The molecule has 3 aliphatic heterocycles. The fourth-order valence-electron chi connectivity index (χ4n) is 15.2. The predicted octanol–water partition coefficient (Wildman–Crippen LogP) is 16.1. The molecule has 4 aliphatic carbocycles. The second kappa shape index (κ2) is 18.7. The van der Waals surface area contributed by atoms with Crippen molar-refractivity contribution < 1.29 is 25.8 Å². The molecule has 10 heteroatoms. The molecule has 2 aromatic heterocycles. The third-order valence-corrected chi connectivity index (χ3v) is 22.5. The molecular formula is C68H69BN5OPtSi2-3. The van der Waals surface area contributed by atoms with Crippen LogP contribution in [0.25, 0.3) is 33.7 Å². The van der Waals surface area contributed by atoms with E-state index in [1.54, 1.807) is 5.47 Å². The van der Waals surface area contributed by atoms with Crippen LogP contribution in [0.4, 0.5) is 28.4 Å². The number of pyridine rings is 1. The van der Waals surface area contributed by atoms with Crippen LogP contribution in [0.15, 0.2) is 163 Å². The number of ether oxygens (including phenoxy) is 1. The zero-order valence-corrected chi connectivity index (χ0v) is 50.8. The molecule has 0 amide bonds. The van der Waals surface area contributed by atoms with Crippen molar-refractivity contribution in [3.63, 3.8) is 0 Å². The Bertz CT molecular complexity index is 3740. The summed E-state index contributed by atoms with van der Waals surface area (Å²) in [7, 11) is -3.53. The molecule has 396 valence electrons. The van der Waals surface area contributed by atoms with Gasteiger partial charge in [-0.05, 0) is 137 Å². The van der Waals surface area contributed by atoms with Gasteiger partial charge < -0.3 is 23.9 Å². The number of hydrogen-bond donors (Lipinski definition) is 0. The molecule has 7 aliphatic rings. The average Bonchev–Trinajstić information content (AvgIpc) is 3.80. The van der Waals surface area contributed by atoms with E-state index in [2.05, 4.69) is 262 Å². The van der Waals surface area contributed by atoms with Crippen molar-refractivity contribution in [2.45, 2.75) is 103 Å². The van der Waals surface area contributed by atoms with E-state index >= 15 is 0 Å². The molecule has 0 unspecified atom stereocenters. The molecule has 0 spiro atoms. The van der Waals surface area contributed by atoms with E-state index < -0.39 is 16.1 Å². The number of nitrogens with zero attached hydrogens (tertiary/aromatic N) is 5. The Morgan fingerprint density at radius 2 is 1.35 bits per heavy atom. The van der Waals surface area contributed by atoms with Gasteiger partial charge in [0.1, 0.15) is 5.82 Å². The fourth-order valence-corrected chi connectivity index (χ4v) is 18.5. The minimum atomic E-state index is -1.77. The van der Waals surface area contributed by atoms with Gasteiger partial charge in [-0.1, -0.05) is 156 Å². The van der Waals surface area contributed by atoms with Gasteiger partial charge in [0.15, 0.2) is 0 Å². The number of benzene rings is 6. The first kappa shape index (κ1) is 51.3. The molecule has 6 aromatic carbocycles. The first-order valence-corrected chi connectivity index (χ1v) is 35.3. The van der Waals surface area contributed by atoms with Gasteiger partial charge in [-0.2, -0.15) is 6.07 Å². The topological polar surface area (TPSA) is 36.8 Å². The van der Waals surface area contributed by atoms with Crippen LogP contribution in [0, 0.1) is 42.5 Å². The van der Waals surface area contributed by atoms with Gasteiger partial charge in [-0.3, -0.25) is 0 Å². The third-order valence-electron chi connectivity index (χ3n) is 18.4. The summed E-state index contributed by atoms with van der Waals surface area (Å²) in [6.45, 7) is 24.1. The number of fused-ring (bicyclic) bond motifs is 7. The largest absolute Gasteiger partial charge is 0.509 e. The van der Waals surface area contributed by atoms with Gasteiger partial charge in [0.05, 0.1) is 16.1 Å². The van der Waals surface area contributed by atoms with Gasteiger partial charge in [-0.15, -0.1) is 53.6 Å². The Labute approximate surface area is 479 Å². The smallest absolute Gasteiger partial charge is 0.316 e. The number of aromatic nitrogens is 2. The van der Waals surface area contributed by atoms with E-state index in [4.69, 9.17) is 9.72 Å². The molecule has 6 nitrogen and oxygen atoms in total. The maximum absolute atomic E-state index is 7.08. The standard InChI is InChI=1S/C68H69BN5OSi2.Pt/c1-67(2,3)49-39-52(71-44-72(60-23-15-14-22-59(60)71)66-62(76(4,5)6)24-16-25-63(66)77(7,8)9)42-54(40-49)75-53-27-28-56-55-19-11-13-21-58(55)74(61(56)43-53)65-41-48(30-32-70-65)68(50-35-45-34-46(37-50)38-51(68)36-45)64-26-17-33-73-57-20-12-10-18-47(57)29-31-69(64)73;/h10-33,39-41,44-46,50-51H,34-38H2,1-9H3;/q-3;. The second-order valence-corrected chi connectivity index (χ2v) is 36.3. The molecular weight excluding hydrogens is 1160 g/mol. The SMILES string of the molecule is CC(C)(C)c1cc(Oc2[c-]c3c(cc2)c2ccccc2n3-c2cc(C3(C4=CC=CN5B4C=Cc4ccccc45)C4CC5CC(C4)CC3C5)ccn2)[c-]c(N2[CH-]N(c3c([Si](C)(C)C)cccc3[Si](C)(C)C)c3ccccc32)c1.[Pt]. The van der Waals surface area contributed by atoms with Crippen LogP contribution in [0.3, 0.4) is 0 Å². The molecule has 0 atom stereocenters. The van der Waals surface area contributed by atoms with E-state index in [1.807, 2.05) is 0 Å². The molecule has 0 N–H and O–H groups in total. The summed E-state index contributed by atoms with van der Waals surface area (Å²) in [5.41, 5.74) is 13.1. The summed E-state index contributed by atoms with van der Waals surface area (Å²) in [5.74, 6) is 7.51. The van der Waals surface area contributed by atoms with Gasteiger partial charge in [0.2, 0.25) is 0 Å². The summed E-state index contributed by atoms with van der Waals surface area (Å²) < 4.78 is 9.43. The zero-order valence-electron chi connectivity index (χ0n) is 46.5. The molecule has 4 saturated carbocycles. The average molecular weight is 1230 g/mol. The number of para-hydroxylation sites is 5. The van der Waals surface area contributed by atoms with Gasteiger partial charge >= 0.3 is 6.85 Å². The normalized spacial score (nSPS) is 22.2. The van der Waals surface area contributed by atoms with Crippen molar-refractivity contribution >= 4 is 89.7 Å². The van der Waals surface area contributed by atoms with Crippen LogP contribution in [0.5, 0.6) is 11.5 Å². The van der Waals surface area contributed by atoms with Gasteiger partial charge in [-0.25, -0.2) is 4.98 Å². The molecule has 15 rings (SSSR count). The van der Waals surface area contributed by atoms with Crippen LogP contribution < -0.4 is 29.7 Å². The summed E-state index contributed by atoms with van der Waals surface area (Å²) in [6, 6.07) is 54.8. The molecule has 0 radical (unpaired) electrons. The van der Waals surface area contributed by atoms with Crippen LogP contribution in [0.2, 0.25) is 39.3 Å². The minimum Gasteiger partial charge on any atom is -0.509 e. The van der Waals surface area contributed by atoms with E-state index in [1.165, 1.54) is 81.6 Å². The van der Waals surface area contributed by atoms with Crippen molar-refractivity contribution in [3.8, 4) is 17.3 Å². The number of allylic oxidation sites excluding steroid dienone is 3. The van der Waals surface area contributed by atoms with Crippen LogP contribution >= 0.6 is 0 Å². The summed E-state index contributed by atoms with van der Waals surface area (Å²) in [6.07, 6.45) is 18.2. The number of hydrogen-bond acceptors (Lipinski definition) is 5. The number of anilines is 5. The van der Waals surface area contributed by atoms with Crippen molar-refractivity contribution in [2.24, 2.45) is 23.7 Å². The Kier molecular flexibility index (Phi) is 12.3. The number of rotatable bonds is 9. The van der Waals surface area contributed by atoms with Gasteiger partial charge in [0.25, 0.3) is 0 Å². The molecule has 0 saturated heterocycles. The molecule has 4 fully saturated rings. The quantitative estimate of drug-likeness (QED) is 0.106. The van der Waals surface area contributed by atoms with Crippen molar-refractivity contribution in [2.75, 3.05) is 14.6 Å². The van der Waals surface area contributed by atoms with Crippen molar-refractivity contribution in [1.82, 2.24) is 9.55 Å². The zero-order chi connectivity index (χ0) is 52.8. The molecule has 8 aromatic rings. The Balaban J connectivity index is 0.00000579. The summed E-state index contributed by atoms with van der Waals surface area (Å²) in [4.78, 5) is 12.6. The first-order chi connectivity index (χ1) is 37.0. The maximum atomic E-state index is 7.08. The third kappa shape index (κ3) is 8.22. The Morgan fingerprint density at radius 1 is 0.679 bits per heavy atom. The molecule has 4 bridgehead atoms. The van der Waals surface area contributed by atoms with Crippen LogP contribution in [-0.2, 0) is 31.9 Å². The van der Waals surface area contributed by atoms with E-state index in [9.17, 15) is 0 Å². The Morgan fingerprint density at radius 3 is 2.05 bits per heavy atom. The molecule has 5 heterocycles. The maximum Gasteiger partial charge on any atom is 0.316 e. The predicted molar refractivity (Wildman–Crippen MR) is 329 cm³/mol. The van der Waals surface area contributed by atoms with Crippen LogP contribution in [-0.4, -0.2) is 32.5 Å². The van der Waals surface area contributed by atoms with E-state index in [0.717, 1.165) is 45.4 Å². The minimum absolute atomic E-state index is 0. The summed E-state index contributed by atoms with van der Waals surface area (Å²) >= 11 is 0. The second-order valence-electron chi connectivity index (χ2n) is 26.3. The van der Waals surface area contributed by atoms with Crippen molar-refractivity contribution in [3.05, 3.63) is 199 Å². The summed E-state index contributed by atoms with van der Waals surface area (Å²) in [5, 5.41) is 5.27. The van der Waals surface area contributed by atoms with E-state index in [-0.39, 0.29) is 38.7 Å². The molecule has 78 heavy (non-hydrogen) atoms. The van der Waals surface area contributed by atoms with Crippen molar-refractivity contribution in [1.29, 1.82) is 0 Å². The van der Waals surface area contributed by atoms with E-state index in [0.29, 0.717) is 23.3 Å². The first-order valence-electron chi connectivity index (χ1n) is 28.3. The van der Waals surface area contributed by atoms with Gasteiger partial charge in [0, 0.05) is 72.4 Å². The monoisotopic (exact) mass is 1230 g/mol. The van der Waals surface area contributed by atoms with Crippen LogP contribution in [0.1, 0.15) is 69.6 Å². The Hall–Kier alpha value is -6.12.